The third kappa shape index (κ3) is 7.19. The van der Waals surface area contributed by atoms with Crippen molar-refractivity contribution in [3.8, 4) is 0 Å². The van der Waals surface area contributed by atoms with E-state index in [4.69, 9.17) is 40.5 Å². The molecular formula is C15H14Cl3N4NaO7S. The molecular weight excluding hydrogens is 510 g/mol. The summed E-state index contributed by atoms with van der Waals surface area (Å²) in [4.78, 5) is 48.1. The van der Waals surface area contributed by atoms with E-state index in [1.807, 2.05) is 0 Å². The number of amides is 5. The number of hydrogen-bond donors (Lipinski definition) is 2. The number of nitrogens with one attached hydrogen (secondary N) is 1. The smallest absolute Gasteiger partial charge is 0.731 e. The summed E-state index contributed by atoms with van der Waals surface area (Å²) in [5.41, 5.74) is 5.87. The van der Waals surface area contributed by atoms with Crippen LogP contribution >= 0.6 is 34.8 Å². The first-order valence-corrected chi connectivity index (χ1v) is 10.5. The number of β-lactam (4-membered cyclic amide) rings is 1. The number of nitrogens with two attached hydrogens (primary N) is 1. The Morgan fingerprint density at radius 1 is 1.23 bits per heavy atom. The van der Waals surface area contributed by atoms with Crippen molar-refractivity contribution in [2.45, 2.75) is 22.8 Å². The Hall–Kier alpha value is -1.12. The Kier molecular flexibility index (Phi) is 9.60. The van der Waals surface area contributed by atoms with Crippen LogP contribution in [-0.2, 0) is 37.7 Å². The summed E-state index contributed by atoms with van der Waals surface area (Å²) < 4.78 is 30.1. The van der Waals surface area contributed by atoms with E-state index >= 15 is 0 Å². The minimum Gasteiger partial charge on any atom is -0.731 e. The summed E-state index contributed by atoms with van der Waals surface area (Å²) in [7, 11) is -4.92. The maximum atomic E-state index is 12.2. The van der Waals surface area contributed by atoms with Crippen LogP contribution in [-0.4, -0.2) is 62.3 Å². The Morgan fingerprint density at radius 3 is 2.23 bits per heavy atom. The summed E-state index contributed by atoms with van der Waals surface area (Å²) in [6.45, 7) is -0.860. The van der Waals surface area contributed by atoms with E-state index in [1.165, 1.54) is 12.1 Å². The zero-order valence-corrected chi connectivity index (χ0v) is 21.0. The van der Waals surface area contributed by atoms with Crippen molar-refractivity contribution in [3.63, 3.8) is 0 Å². The van der Waals surface area contributed by atoms with Gasteiger partial charge in [-0.15, -0.1) is 0 Å². The van der Waals surface area contributed by atoms with E-state index in [2.05, 4.69) is 5.32 Å². The van der Waals surface area contributed by atoms with Crippen molar-refractivity contribution in [1.82, 2.24) is 14.5 Å². The molecule has 1 fully saturated rings. The normalized spacial score (nSPS) is 16.1. The SMILES string of the molecule is NC(=O)N(Cc1ccccc1CC(=O)NC1CN(S(=O)(=O)[O-])C1=O)C(=O)C(Cl)(Cl)Cl.[Na+]. The molecule has 1 heterocycles. The minimum absolute atomic E-state index is 0. The molecule has 0 saturated carbocycles. The molecule has 31 heavy (non-hydrogen) atoms. The van der Waals surface area contributed by atoms with Gasteiger partial charge in [-0.1, -0.05) is 59.1 Å². The molecule has 2 rings (SSSR count). The summed E-state index contributed by atoms with van der Waals surface area (Å²) in [5, 5.41) is 2.30. The van der Waals surface area contributed by atoms with Crippen LogP contribution in [0.25, 0.3) is 0 Å². The number of rotatable bonds is 6. The number of carbonyl (C=O) groups is 4. The number of hydrogen-bond acceptors (Lipinski definition) is 7. The second-order valence-corrected chi connectivity index (χ2v) is 9.70. The Labute approximate surface area is 214 Å². The number of halogens is 3. The van der Waals surface area contributed by atoms with Crippen LogP contribution in [0.1, 0.15) is 11.1 Å². The zero-order valence-electron chi connectivity index (χ0n) is 15.9. The number of alkyl halides is 3. The predicted molar refractivity (Wildman–Crippen MR) is 104 cm³/mol. The van der Waals surface area contributed by atoms with Gasteiger partial charge in [0.25, 0.3) is 15.6 Å². The average molecular weight is 524 g/mol. The zero-order chi connectivity index (χ0) is 22.9. The fourth-order valence-electron chi connectivity index (χ4n) is 2.58. The van der Waals surface area contributed by atoms with Crippen LogP contribution in [0.2, 0.25) is 0 Å². The molecule has 1 aliphatic heterocycles. The monoisotopic (exact) mass is 522 g/mol. The van der Waals surface area contributed by atoms with Gasteiger partial charge in [-0.25, -0.2) is 17.5 Å². The Balaban J connectivity index is 0.00000480. The molecule has 11 nitrogen and oxygen atoms in total. The van der Waals surface area contributed by atoms with Crippen molar-refractivity contribution in [2.75, 3.05) is 6.54 Å². The molecule has 0 aromatic heterocycles. The summed E-state index contributed by atoms with van der Waals surface area (Å²) in [6.07, 6.45) is -0.293. The van der Waals surface area contributed by atoms with Gasteiger partial charge in [0.15, 0.2) is 10.3 Å². The standard InChI is InChI=1S/C15H15Cl3N4O7S.Na/c16-15(17,18)13(25)21(14(19)26)6-9-4-2-1-3-8(9)5-11(23)20-10-7-22(12(10)24)30(27,28)29;/h1-4,10H,5-7H2,(H2,19,26)(H,20,23)(H,27,28,29);/q;+1/p-1. The van der Waals surface area contributed by atoms with Gasteiger partial charge in [-0.05, 0) is 11.1 Å². The van der Waals surface area contributed by atoms with E-state index in [0.717, 1.165) is 0 Å². The van der Waals surface area contributed by atoms with E-state index in [1.54, 1.807) is 12.1 Å². The molecule has 1 aromatic rings. The van der Waals surface area contributed by atoms with E-state index < -0.39 is 57.0 Å². The Bertz CT molecular complexity index is 1000. The van der Waals surface area contributed by atoms with Crippen molar-refractivity contribution >= 4 is 68.9 Å². The molecule has 0 radical (unpaired) electrons. The molecule has 1 unspecified atom stereocenters. The number of primary amides is 1. The molecule has 1 atom stereocenters. The minimum atomic E-state index is -4.92. The maximum absolute atomic E-state index is 12.2. The number of urea groups is 1. The van der Waals surface area contributed by atoms with Crippen LogP contribution in [0.5, 0.6) is 0 Å². The molecule has 1 saturated heterocycles. The first kappa shape index (κ1) is 27.9. The molecule has 16 heteroatoms. The van der Waals surface area contributed by atoms with Crippen molar-refractivity contribution in [1.29, 1.82) is 0 Å². The molecule has 0 spiro atoms. The van der Waals surface area contributed by atoms with Crippen LogP contribution < -0.4 is 40.6 Å². The van der Waals surface area contributed by atoms with Gasteiger partial charge in [-0.3, -0.25) is 19.3 Å². The van der Waals surface area contributed by atoms with Gasteiger partial charge in [0.1, 0.15) is 6.04 Å². The van der Waals surface area contributed by atoms with Gasteiger partial charge in [0, 0.05) is 0 Å². The van der Waals surface area contributed by atoms with Crippen LogP contribution in [0.4, 0.5) is 4.79 Å². The van der Waals surface area contributed by atoms with Crippen LogP contribution in [0, 0.1) is 0 Å². The van der Waals surface area contributed by atoms with Gasteiger partial charge >= 0.3 is 35.6 Å². The average Bonchev–Trinajstić information content (AvgIpc) is 2.61. The second-order valence-electron chi connectivity index (χ2n) is 6.12. The number of carbonyl (C=O) groups excluding carboxylic acids is 4. The van der Waals surface area contributed by atoms with E-state index in [0.29, 0.717) is 16.0 Å². The summed E-state index contributed by atoms with van der Waals surface area (Å²) in [6, 6.07) is 3.85. The van der Waals surface area contributed by atoms with Crippen molar-refractivity contribution in [2.24, 2.45) is 5.73 Å². The largest absolute Gasteiger partial charge is 1.00 e. The van der Waals surface area contributed by atoms with Gasteiger partial charge in [0.2, 0.25) is 5.91 Å². The van der Waals surface area contributed by atoms with Crippen molar-refractivity contribution in [3.05, 3.63) is 35.4 Å². The van der Waals surface area contributed by atoms with Gasteiger partial charge in [0.05, 0.1) is 19.5 Å². The maximum Gasteiger partial charge on any atom is 1.00 e. The molecule has 5 amide bonds. The van der Waals surface area contributed by atoms with Gasteiger partial charge in [-0.2, -0.15) is 0 Å². The molecule has 0 bridgehead atoms. The number of nitrogens with zero attached hydrogens (tertiary/aromatic N) is 2. The number of imide groups is 1. The molecule has 1 aliphatic rings. The topological polar surface area (TPSA) is 170 Å². The van der Waals surface area contributed by atoms with E-state index in [9.17, 15) is 32.1 Å². The number of benzene rings is 1. The summed E-state index contributed by atoms with van der Waals surface area (Å²) in [5.74, 6) is -2.89. The molecule has 3 N–H and O–H groups in total. The second kappa shape index (κ2) is 10.7. The molecule has 0 aliphatic carbocycles. The van der Waals surface area contributed by atoms with Crippen LogP contribution in [0.3, 0.4) is 0 Å². The predicted octanol–water partition coefficient (Wildman–Crippen LogP) is -3.20. The van der Waals surface area contributed by atoms with Crippen molar-refractivity contribution < 1.29 is 61.7 Å². The molecule has 1 aromatic carbocycles. The van der Waals surface area contributed by atoms with Gasteiger partial charge < -0.3 is 15.6 Å². The first-order chi connectivity index (χ1) is 13.7. The first-order valence-electron chi connectivity index (χ1n) is 8.03. The Morgan fingerprint density at radius 2 is 1.77 bits per heavy atom. The van der Waals surface area contributed by atoms with Crippen LogP contribution in [0.15, 0.2) is 24.3 Å². The fraction of sp³-hybridized carbons (Fsp3) is 0.333. The third-order valence-corrected chi connectivity index (χ3v) is 5.40. The quantitative estimate of drug-likeness (QED) is 0.171. The fourth-order valence-corrected chi connectivity index (χ4v) is 3.57. The summed E-state index contributed by atoms with van der Waals surface area (Å²) >= 11 is 16.6. The third-order valence-electron chi connectivity index (χ3n) is 4.05. The molecule has 164 valence electrons. The van der Waals surface area contributed by atoms with E-state index in [-0.39, 0.29) is 40.3 Å².